The molecule has 1 unspecified atom stereocenters. The highest BCUT2D eigenvalue weighted by Gasteiger charge is 2.14. The molecule has 0 aliphatic carbocycles. The van der Waals surface area contributed by atoms with Crippen LogP contribution in [0, 0.1) is 0 Å². The molecular weight excluding hydrogens is 254 g/mol. The molecule has 0 aliphatic heterocycles. The summed E-state index contributed by atoms with van der Waals surface area (Å²) in [4.78, 5) is 16.4. The van der Waals surface area contributed by atoms with Gasteiger partial charge in [-0.1, -0.05) is 6.07 Å². The van der Waals surface area contributed by atoms with E-state index in [-0.39, 0.29) is 17.5 Å². The van der Waals surface area contributed by atoms with E-state index < -0.39 is 10.0 Å². The van der Waals surface area contributed by atoms with E-state index in [9.17, 15) is 13.2 Å². The Kier molecular flexibility index (Phi) is 3.27. The molecule has 0 radical (unpaired) electrons. The van der Waals surface area contributed by atoms with Crippen LogP contribution in [-0.2, 0) is 10.0 Å². The molecule has 1 aromatic heterocycles. The van der Waals surface area contributed by atoms with Crippen LogP contribution in [0.2, 0.25) is 0 Å². The maximum absolute atomic E-state index is 11.5. The Morgan fingerprint density at radius 3 is 2.61 bits per heavy atom. The van der Waals surface area contributed by atoms with Gasteiger partial charge in [-0.05, 0) is 31.5 Å². The summed E-state index contributed by atoms with van der Waals surface area (Å²) in [5.74, 6) is 0.0422. The molecule has 0 bridgehead atoms. The highest BCUT2D eigenvalue weighted by molar-refractivity contribution is 7.89. The van der Waals surface area contributed by atoms with Gasteiger partial charge >= 0.3 is 5.69 Å². The molecular formula is C11H15N3O3S. The van der Waals surface area contributed by atoms with Crippen molar-refractivity contribution in [2.75, 3.05) is 5.75 Å². The van der Waals surface area contributed by atoms with Gasteiger partial charge in [0.2, 0.25) is 10.0 Å². The van der Waals surface area contributed by atoms with Crippen LogP contribution in [0.1, 0.15) is 25.5 Å². The van der Waals surface area contributed by atoms with Crippen LogP contribution in [0.25, 0.3) is 11.0 Å². The number of hydrogen-bond acceptors (Lipinski definition) is 3. The summed E-state index contributed by atoms with van der Waals surface area (Å²) in [6, 6.07) is 4.96. The van der Waals surface area contributed by atoms with Gasteiger partial charge in [-0.3, -0.25) is 0 Å². The SMILES string of the molecule is CCS(=O)(=O)NC(C)c1ccc2[nH]c(=O)[nH]c2c1. The second kappa shape index (κ2) is 4.58. The highest BCUT2D eigenvalue weighted by atomic mass is 32.2. The van der Waals surface area contributed by atoms with Crippen LogP contribution in [0.5, 0.6) is 0 Å². The van der Waals surface area contributed by atoms with E-state index in [0.29, 0.717) is 11.0 Å². The van der Waals surface area contributed by atoms with E-state index >= 15 is 0 Å². The summed E-state index contributed by atoms with van der Waals surface area (Å²) in [6.45, 7) is 3.35. The van der Waals surface area contributed by atoms with Crippen LogP contribution in [0.3, 0.4) is 0 Å². The Labute approximate surface area is 104 Å². The Balaban J connectivity index is 2.33. The maximum Gasteiger partial charge on any atom is 0.323 e. The zero-order valence-corrected chi connectivity index (χ0v) is 11.0. The molecule has 2 rings (SSSR count). The van der Waals surface area contributed by atoms with Gasteiger partial charge in [0.05, 0.1) is 16.8 Å². The van der Waals surface area contributed by atoms with Crippen LogP contribution in [0.4, 0.5) is 0 Å². The number of hydrogen-bond donors (Lipinski definition) is 3. The topological polar surface area (TPSA) is 94.8 Å². The smallest absolute Gasteiger partial charge is 0.306 e. The second-order valence-electron chi connectivity index (χ2n) is 4.13. The van der Waals surface area contributed by atoms with Crippen molar-refractivity contribution in [1.82, 2.24) is 14.7 Å². The second-order valence-corrected chi connectivity index (χ2v) is 6.17. The minimum Gasteiger partial charge on any atom is -0.306 e. The van der Waals surface area contributed by atoms with E-state index in [2.05, 4.69) is 14.7 Å². The lowest BCUT2D eigenvalue weighted by atomic mass is 10.1. The van der Waals surface area contributed by atoms with E-state index in [0.717, 1.165) is 5.56 Å². The summed E-state index contributed by atoms with van der Waals surface area (Å²) in [7, 11) is -3.24. The van der Waals surface area contributed by atoms with Gasteiger partial charge in [0, 0.05) is 6.04 Å². The number of benzene rings is 1. The van der Waals surface area contributed by atoms with E-state index in [4.69, 9.17) is 0 Å². The van der Waals surface area contributed by atoms with Gasteiger partial charge in [-0.25, -0.2) is 17.9 Å². The third-order valence-corrected chi connectivity index (χ3v) is 4.25. The largest absolute Gasteiger partial charge is 0.323 e. The number of fused-ring (bicyclic) bond motifs is 1. The zero-order valence-electron chi connectivity index (χ0n) is 10.1. The number of aromatic nitrogens is 2. The minimum absolute atomic E-state index is 0.0422. The van der Waals surface area contributed by atoms with E-state index in [1.165, 1.54) is 0 Å². The van der Waals surface area contributed by atoms with Crippen molar-refractivity contribution in [1.29, 1.82) is 0 Å². The van der Waals surface area contributed by atoms with Gasteiger partial charge in [-0.15, -0.1) is 0 Å². The maximum atomic E-state index is 11.5. The normalized spacial score (nSPS) is 13.9. The fourth-order valence-electron chi connectivity index (χ4n) is 1.74. The Morgan fingerprint density at radius 1 is 1.28 bits per heavy atom. The molecule has 0 aliphatic rings. The quantitative estimate of drug-likeness (QED) is 0.768. The first-order chi connectivity index (χ1) is 8.41. The average Bonchev–Trinajstić information content (AvgIpc) is 2.67. The molecule has 1 aromatic carbocycles. The Hall–Kier alpha value is -1.60. The lowest BCUT2D eigenvalue weighted by Gasteiger charge is -2.13. The molecule has 3 N–H and O–H groups in total. The summed E-state index contributed by atoms with van der Waals surface area (Å²) < 4.78 is 25.5. The molecule has 0 spiro atoms. The van der Waals surface area contributed by atoms with Crippen molar-refractivity contribution < 1.29 is 8.42 Å². The zero-order chi connectivity index (χ0) is 13.3. The van der Waals surface area contributed by atoms with Gasteiger partial charge < -0.3 is 9.97 Å². The van der Waals surface area contributed by atoms with Crippen LogP contribution in [0.15, 0.2) is 23.0 Å². The minimum atomic E-state index is -3.24. The molecule has 18 heavy (non-hydrogen) atoms. The van der Waals surface area contributed by atoms with Crippen molar-refractivity contribution in [2.45, 2.75) is 19.9 Å². The Morgan fingerprint density at radius 2 is 1.94 bits per heavy atom. The number of aromatic amines is 2. The lowest BCUT2D eigenvalue weighted by Crippen LogP contribution is -2.28. The third kappa shape index (κ3) is 2.62. The number of sulfonamides is 1. The molecule has 6 nitrogen and oxygen atoms in total. The standard InChI is InChI=1S/C11H15N3O3S/c1-3-18(16,17)14-7(2)8-4-5-9-10(6-8)13-11(15)12-9/h4-7,14H,3H2,1-2H3,(H2,12,13,15). The first-order valence-electron chi connectivity index (χ1n) is 5.63. The molecule has 7 heteroatoms. The van der Waals surface area contributed by atoms with Gasteiger partial charge in [-0.2, -0.15) is 0 Å². The van der Waals surface area contributed by atoms with Crippen molar-refractivity contribution in [3.63, 3.8) is 0 Å². The lowest BCUT2D eigenvalue weighted by molar-refractivity contribution is 0.568. The van der Waals surface area contributed by atoms with Crippen molar-refractivity contribution >= 4 is 21.1 Å². The van der Waals surface area contributed by atoms with Crippen LogP contribution >= 0.6 is 0 Å². The van der Waals surface area contributed by atoms with Crippen molar-refractivity contribution in [3.8, 4) is 0 Å². The Bertz CT molecular complexity index is 714. The van der Waals surface area contributed by atoms with Crippen LogP contribution in [-0.4, -0.2) is 24.1 Å². The number of H-pyrrole nitrogens is 2. The fraction of sp³-hybridized carbons (Fsp3) is 0.364. The molecule has 0 amide bonds. The summed E-state index contributed by atoms with van der Waals surface area (Å²) in [6.07, 6.45) is 0. The van der Waals surface area contributed by atoms with Gasteiger partial charge in [0.15, 0.2) is 0 Å². The molecule has 0 saturated heterocycles. The monoisotopic (exact) mass is 269 g/mol. The predicted octanol–water partition coefficient (Wildman–Crippen LogP) is 0.857. The third-order valence-electron chi connectivity index (χ3n) is 2.78. The van der Waals surface area contributed by atoms with Gasteiger partial charge in [0.25, 0.3) is 0 Å². The molecule has 1 atom stereocenters. The average molecular weight is 269 g/mol. The molecule has 2 aromatic rings. The van der Waals surface area contributed by atoms with Crippen molar-refractivity contribution in [3.05, 3.63) is 34.2 Å². The number of rotatable bonds is 4. The summed E-state index contributed by atoms with van der Waals surface area (Å²) >= 11 is 0. The highest BCUT2D eigenvalue weighted by Crippen LogP contribution is 2.17. The van der Waals surface area contributed by atoms with Gasteiger partial charge in [0.1, 0.15) is 0 Å². The molecule has 0 fully saturated rings. The van der Waals surface area contributed by atoms with E-state index in [1.807, 2.05) is 0 Å². The number of nitrogens with one attached hydrogen (secondary N) is 3. The first-order valence-corrected chi connectivity index (χ1v) is 7.28. The van der Waals surface area contributed by atoms with E-state index in [1.54, 1.807) is 32.0 Å². The first kappa shape index (κ1) is 12.8. The summed E-state index contributed by atoms with van der Waals surface area (Å²) in [5.41, 5.74) is 1.90. The molecule has 0 saturated carbocycles. The molecule has 1 heterocycles. The summed E-state index contributed by atoms with van der Waals surface area (Å²) in [5, 5.41) is 0. The molecule has 98 valence electrons. The fourth-order valence-corrected chi connectivity index (χ4v) is 2.58. The van der Waals surface area contributed by atoms with Crippen LogP contribution < -0.4 is 10.4 Å². The van der Waals surface area contributed by atoms with Crippen molar-refractivity contribution in [2.24, 2.45) is 0 Å². The predicted molar refractivity (Wildman–Crippen MR) is 69.9 cm³/mol. The number of imidazole rings is 1.